The molecule has 0 aromatic heterocycles. The van der Waals surface area contributed by atoms with Crippen molar-refractivity contribution in [1.29, 1.82) is 0 Å². The van der Waals surface area contributed by atoms with Crippen molar-refractivity contribution in [2.75, 3.05) is 5.52 Å². The van der Waals surface area contributed by atoms with Crippen molar-refractivity contribution >= 4 is 15.9 Å². The fourth-order valence-corrected chi connectivity index (χ4v) is 0. The van der Waals surface area contributed by atoms with Gasteiger partial charge >= 0.3 is 0 Å². The predicted molar refractivity (Wildman–Crippen MR) is 17.5 cm³/mol. The van der Waals surface area contributed by atoms with Crippen LogP contribution in [0.25, 0.3) is 0 Å². The van der Waals surface area contributed by atoms with Gasteiger partial charge in [0, 0.05) is 0 Å². The lowest BCUT2D eigenvalue weighted by Gasteiger charge is -1.71. The Bertz CT molecular complexity index is 8.00. The Labute approximate surface area is 32.4 Å². The largest absolute Gasteiger partial charge is 0.251 e. The minimum Gasteiger partial charge on any atom is -0.251 e. The van der Waals surface area contributed by atoms with Gasteiger partial charge in [-0.1, -0.05) is 15.9 Å². The summed E-state index contributed by atoms with van der Waals surface area (Å²) in [6.45, 7) is 0. The molecule has 0 atom stereocenters. The standard InChI is InChI=1S/CH3BrO2/c2-1-4-3/h3H,1H2. The zero-order valence-electron chi connectivity index (χ0n) is 1.94. The zero-order valence-corrected chi connectivity index (χ0v) is 3.53. The zero-order chi connectivity index (χ0) is 3.41. The van der Waals surface area contributed by atoms with Gasteiger partial charge in [0.05, 0.1) is 0 Å². The van der Waals surface area contributed by atoms with Crippen LogP contribution in [-0.2, 0) is 4.89 Å². The summed E-state index contributed by atoms with van der Waals surface area (Å²) < 4.78 is 0. The normalized spacial score (nSPS) is 7.50. The third-order valence-electron chi connectivity index (χ3n) is 0.0488. The van der Waals surface area contributed by atoms with Crippen LogP contribution in [0.5, 0.6) is 0 Å². The SMILES string of the molecule is OOCBr. The highest BCUT2D eigenvalue weighted by atomic mass is 79.9. The molecule has 2 nitrogen and oxygen atoms in total. The minimum atomic E-state index is 0.188. The number of alkyl halides is 1. The molecule has 3 heteroatoms. The number of hydrogen-bond acceptors (Lipinski definition) is 2. The topological polar surface area (TPSA) is 29.5 Å². The molecule has 0 aliphatic carbocycles. The maximum absolute atomic E-state index is 7.33. The fraction of sp³-hybridized carbons (Fsp3) is 1.00. The fourth-order valence-electron chi connectivity index (χ4n) is 0. The Kier molecular flexibility index (Phi) is 3.74. The van der Waals surface area contributed by atoms with Crippen molar-refractivity contribution < 1.29 is 10.1 Å². The molecule has 0 saturated carbocycles. The molecule has 0 rings (SSSR count). The van der Waals surface area contributed by atoms with E-state index in [0.29, 0.717) is 0 Å². The van der Waals surface area contributed by atoms with Crippen LogP contribution in [0.3, 0.4) is 0 Å². The first-order valence-corrected chi connectivity index (χ1v) is 1.86. The molecule has 0 bridgehead atoms. The van der Waals surface area contributed by atoms with Crippen LogP contribution in [0.4, 0.5) is 0 Å². The third kappa shape index (κ3) is 2.40. The average Bonchev–Trinajstić information content (AvgIpc) is 1.37. The quantitative estimate of drug-likeness (QED) is 0.321. The number of hydrogen-bond donors (Lipinski definition) is 1. The summed E-state index contributed by atoms with van der Waals surface area (Å²) in [5, 5.41) is 7.33. The second-order valence-electron chi connectivity index (χ2n) is 0.238. The molecule has 0 saturated heterocycles. The lowest BCUT2D eigenvalue weighted by atomic mass is 11.7. The van der Waals surface area contributed by atoms with E-state index in [4.69, 9.17) is 5.26 Å². The molecule has 0 spiro atoms. The summed E-state index contributed by atoms with van der Waals surface area (Å²) in [6.07, 6.45) is 0. The van der Waals surface area contributed by atoms with Gasteiger partial charge in [-0.25, -0.2) is 4.89 Å². The van der Waals surface area contributed by atoms with E-state index in [1.807, 2.05) is 0 Å². The van der Waals surface area contributed by atoms with Gasteiger partial charge in [0.15, 0.2) is 0 Å². The first kappa shape index (κ1) is 4.40. The van der Waals surface area contributed by atoms with Gasteiger partial charge in [-0.05, 0) is 0 Å². The minimum absolute atomic E-state index is 0.188. The molecule has 0 fully saturated rings. The molecule has 0 aromatic rings. The van der Waals surface area contributed by atoms with Gasteiger partial charge in [0.1, 0.15) is 5.52 Å². The van der Waals surface area contributed by atoms with Gasteiger partial charge in [-0.2, -0.15) is 0 Å². The maximum Gasteiger partial charge on any atom is 0.137 e. The summed E-state index contributed by atoms with van der Waals surface area (Å²) in [4.78, 5) is 3.46. The van der Waals surface area contributed by atoms with E-state index >= 15 is 0 Å². The third-order valence-corrected chi connectivity index (χ3v) is 0.254. The van der Waals surface area contributed by atoms with Crippen LogP contribution in [0.1, 0.15) is 0 Å². The molecule has 1 N–H and O–H groups in total. The maximum atomic E-state index is 7.33. The molecule has 0 aliphatic rings. The lowest BCUT2D eigenvalue weighted by molar-refractivity contribution is -0.221. The first-order valence-electron chi connectivity index (χ1n) is 0.739. The highest BCUT2D eigenvalue weighted by Crippen LogP contribution is 1.72. The molecular formula is CH3BrO2. The Morgan fingerprint density at radius 3 is 2.25 bits per heavy atom. The Morgan fingerprint density at radius 2 is 2.25 bits per heavy atom. The van der Waals surface area contributed by atoms with Crippen LogP contribution >= 0.6 is 15.9 Å². The molecule has 0 unspecified atom stereocenters. The van der Waals surface area contributed by atoms with Gasteiger partial charge in [0.25, 0.3) is 0 Å². The number of rotatable bonds is 1. The Hall–Kier alpha value is 0.400. The van der Waals surface area contributed by atoms with E-state index < -0.39 is 0 Å². The summed E-state index contributed by atoms with van der Waals surface area (Å²) in [6, 6.07) is 0. The molecule has 4 heavy (non-hydrogen) atoms. The summed E-state index contributed by atoms with van der Waals surface area (Å²) in [5.74, 6) is 0. The van der Waals surface area contributed by atoms with E-state index in [2.05, 4.69) is 20.8 Å². The van der Waals surface area contributed by atoms with E-state index in [1.54, 1.807) is 0 Å². The van der Waals surface area contributed by atoms with Crippen molar-refractivity contribution in [2.45, 2.75) is 0 Å². The summed E-state index contributed by atoms with van der Waals surface area (Å²) in [7, 11) is 0. The Balaban J connectivity index is 1.97. The average molecular weight is 127 g/mol. The van der Waals surface area contributed by atoms with E-state index in [9.17, 15) is 0 Å². The van der Waals surface area contributed by atoms with E-state index in [0.717, 1.165) is 0 Å². The van der Waals surface area contributed by atoms with Crippen LogP contribution in [0.15, 0.2) is 0 Å². The van der Waals surface area contributed by atoms with Gasteiger partial charge < -0.3 is 0 Å². The molecule has 0 amide bonds. The molecule has 0 aromatic carbocycles. The van der Waals surface area contributed by atoms with Crippen molar-refractivity contribution in [2.24, 2.45) is 0 Å². The van der Waals surface area contributed by atoms with Gasteiger partial charge in [0.2, 0.25) is 0 Å². The smallest absolute Gasteiger partial charge is 0.137 e. The van der Waals surface area contributed by atoms with Crippen LogP contribution in [0, 0.1) is 0 Å². The second kappa shape index (κ2) is 3.40. The van der Waals surface area contributed by atoms with Gasteiger partial charge in [-0.15, -0.1) is 0 Å². The molecule has 26 valence electrons. The second-order valence-corrected chi connectivity index (χ2v) is 0.696. The monoisotopic (exact) mass is 126 g/mol. The molecule has 0 heterocycles. The predicted octanol–water partition coefficient (Wildman–Crippen LogP) is 0.828. The first-order chi connectivity index (χ1) is 1.91. The summed E-state index contributed by atoms with van der Waals surface area (Å²) >= 11 is 2.78. The molecular weight excluding hydrogens is 124 g/mol. The van der Waals surface area contributed by atoms with Gasteiger partial charge in [-0.3, -0.25) is 5.26 Å². The highest BCUT2D eigenvalue weighted by Gasteiger charge is 1.56. The van der Waals surface area contributed by atoms with Crippen molar-refractivity contribution in [3.05, 3.63) is 0 Å². The van der Waals surface area contributed by atoms with Crippen molar-refractivity contribution in [3.8, 4) is 0 Å². The van der Waals surface area contributed by atoms with E-state index in [-0.39, 0.29) is 5.52 Å². The van der Waals surface area contributed by atoms with E-state index in [1.165, 1.54) is 0 Å². The molecule has 0 radical (unpaired) electrons. The van der Waals surface area contributed by atoms with Crippen molar-refractivity contribution in [3.63, 3.8) is 0 Å². The molecule has 0 aliphatic heterocycles. The lowest BCUT2D eigenvalue weighted by Crippen LogP contribution is -1.69. The van der Waals surface area contributed by atoms with Crippen molar-refractivity contribution in [1.82, 2.24) is 0 Å². The Morgan fingerprint density at radius 1 is 2.00 bits per heavy atom. The summed E-state index contributed by atoms with van der Waals surface area (Å²) in [5.41, 5.74) is 0.188. The van der Waals surface area contributed by atoms with Crippen LogP contribution < -0.4 is 0 Å². The highest BCUT2D eigenvalue weighted by molar-refractivity contribution is 9.09. The number of halogens is 1. The van der Waals surface area contributed by atoms with Crippen LogP contribution in [0.2, 0.25) is 0 Å². The van der Waals surface area contributed by atoms with Crippen LogP contribution in [-0.4, -0.2) is 10.8 Å².